The Morgan fingerprint density at radius 3 is 2.40 bits per heavy atom. The third-order valence-electron chi connectivity index (χ3n) is 6.49. The number of aliphatic imine (C=N–C) groups is 1. The van der Waals surface area contributed by atoms with Crippen molar-refractivity contribution in [3.8, 4) is 0 Å². The van der Waals surface area contributed by atoms with Crippen molar-refractivity contribution in [2.45, 2.75) is 78.4 Å². The fourth-order valence-corrected chi connectivity index (χ4v) is 4.59. The molecule has 16 nitrogen and oxygen atoms in total. The van der Waals surface area contributed by atoms with Crippen LogP contribution >= 0.6 is 0 Å². The molecule has 3 aromatic rings. The molecule has 1 saturated heterocycles. The van der Waals surface area contributed by atoms with E-state index in [0.29, 0.717) is 0 Å². The largest absolute Gasteiger partial charge is 0.465 e. The SMILES string of the molecule is CC(C)(C)OC(=O)N=C(N(C(=O)O)C(c1cnn(C[C@H]2NC(=O)[C@H]2NC(=O)OCc2ccccc2)n1)C(C)(C)C)n1cccn1. The highest BCUT2D eigenvalue weighted by molar-refractivity contribution is 5.99. The van der Waals surface area contributed by atoms with Crippen LogP contribution in [0.25, 0.3) is 0 Å². The van der Waals surface area contributed by atoms with E-state index in [1.807, 2.05) is 30.3 Å². The van der Waals surface area contributed by atoms with E-state index >= 15 is 0 Å². The molecule has 4 rings (SSSR count). The molecular weight excluding hydrogens is 586 g/mol. The number of nitrogens with one attached hydrogen (secondary N) is 2. The molecule has 3 N–H and O–H groups in total. The number of carbonyl (C=O) groups is 4. The topological polar surface area (TPSA) is 195 Å². The van der Waals surface area contributed by atoms with Crippen molar-refractivity contribution in [3.63, 3.8) is 0 Å². The normalized spacial score (nSPS) is 17.5. The lowest BCUT2D eigenvalue weighted by Crippen LogP contribution is -2.70. The van der Waals surface area contributed by atoms with Gasteiger partial charge in [-0.3, -0.25) is 4.79 Å². The van der Waals surface area contributed by atoms with E-state index in [0.717, 1.165) is 15.1 Å². The van der Waals surface area contributed by atoms with Gasteiger partial charge in [-0.1, -0.05) is 51.1 Å². The molecule has 1 aliphatic rings. The summed E-state index contributed by atoms with van der Waals surface area (Å²) in [5.41, 5.74) is -0.631. The van der Waals surface area contributed by atoms with Crippen molar-refractivity contribution < 1.29 is 33.8 Å². The summed E-state index contributed by atoms with van der Waals surface area (Å²) in [6, 6.07) is 8.22. The van der Waals surface area contributed by atoms with Crippen molar-refractivity contribution in [3.05, 3.63) is 66.2 Å². The van der Waals surface area contributed by atoms with Crippen LogP contribution in [0.3, 0.4) is 0 Å². The average molecular weight is 624 g/mol. The summed E-state index contributed by atoms with van der Waals surface area (Å²) in [5.74, 6) is -0.711. The Bertz CT molecular complexity index is 1540. The highest BCUT2D eigenvalue weighted by Crippen LogP contribution is 2.37. The number of amides is 4. The second-order valence-corrected chi connectivity index (χ2v) is 12.4. The van der Waals surface area contributed by atoms with Crippen LogP contribution in [0.5, 0.6) is 0 Å². The molecule has 0 bridgehead atoms. The number of benzene rings is 1. The quantitative estimate of drug-likeness (QED) is 0.200. The van der Waals surface area contributed by atoms with E-state index < -0.39 is 53.3 Å². The van der Waals surface area contributed by atoms with Crippen molar-refractivity contribution in [1.29, 1.82) is 0 Å². The summed E-state index contributed by atoms with van der Waals surface area (Å²) in [4.78, 5) is 56.3. The zero-order chi connectivity index (χ0) is 32.9. The van der Waals surface area contributed by atoms with Gasteiger partial charge in [0.05, 0.1) is 24.8 Å². The first-order chi connectivity index (χ1) is 21.1. The maximum absolute atomic E-state index is 12.8. The van der Waals surface area contributed by atoms with E-state index in [4.69, 9.17) is 9.47 Å². The number of hydrogen-bond donors (Lipinski definition) is 3. The van der Waals surface area contributed by atoms with Gasteiger partial charge in [-0.05, 0) is 37.8 Å². The average Bonchev–Trinajstić information content (AvgIpc) is 3.64. The van der Waals surface area contributed by atoms with Crippen LogP contribution < -0.4 is 10.6 Å². The lowest BCUT2D eigenvalue weighted by molar-refractivity contribution is -0.132. The maximum Gasteiger partial charge on any atom is 0.437 e. The highest BCUT2D eigenvalue weighted by atomic mass is 16.6. The summed E-state index contributed by atoms with van der Waals surface area (Å²) in [6.45, 7) is 10.5. The summed E-state index contributed by atoms with van der Waals surface area (Å²) in [5, 5.41) is 28.6. The van der Waals surface area contributed by atoms with Gasteiger partial charge in [-0.15, -0.1) is 4.99 Å². The van der Waals surface area contributed by atoms with Gasteiger partial charge in [0.25, 0.3) is 0 Å². The molecule has 2 aromatic heterocycles. The van der Waals surface area contributed by atoms with E-state index in [2.05, 4.69) is 30.9 Å². The molecule has 4 amide bonds. The molecule has 0 saturated carbocycles. The van der Waals surface area contributed by atoms with Gasteiger partial charge in [0.2, 0.25) is 11.9 Å². The number of β-lactam (4-membered cyclic amide) rings is 1. The summed E-state index contributed by atoms with van der Waals surface area (Å²) in [6.07, 6.45) is 1.09. The van der Waals surface area contributed by atoms with E-state index in [9.17, 15) is 24.3 Å². The predicted molar refractivity (Wildman–Crippen MR) is 159 cm³/mol. The van der Waals surface area contributed by atoms with Crippen LogP contribution in [-0.4, -0.2) is 82.6 Å². The second-order valence-electron chi connectivity index (χ2n) is 12.4. The molecule has 0 aliphatic carbocycles. The van der Waals surface area contributed by atoms with Gasteiger partial charge >= 0.3 is 18.3 Å². The van der Waals surface area contributed by atoms with Gasteiger partial charge in [-0.25, -0.2) is 24.0 Å². The van der Waals surface area contributed by atoms with Crippen LogP contribution in [0.4, 0.5) is 14.4 Å². The molecule has 1 fully saturated rings. The Morgan fingerprint density at radius 2 is 1.82 bits per heavy atom. The van der Waals surface area contributed by atoms with Gasteiger partial charge in [0.1, 0.15) is 23.9 Å². The minimum Gasteiger partial charge on any atom is -0.465 e. The Morgan fingerprint density at radius 1 is 1.11 bits per heavy atom. The molecule has 1 aromatic carbocycles. The number of carboxylic acid groups (broad SMARTS) is 1. The summed E-state index contributed by atoms with van der Waals surface area (Å²) >= 11 is 0. The first kappa shape index (κ1) is 32.6. The van der Waals surface area contributed by atoms with E-state index in [-0.39, 0.29) is 24.8 Å². The number of alkyl carbamates (subject to hydrolysis) is 1. The number of rotatable bonds is 7. The molecule has 0 radical (unpaired) electrons. The Labute approximate surface area is 259 Å². The standard InChI is InChI=1S/C29H37N9O7/c1-28(2,3)22(38(27(42)43)24(36-14-10-13-30-36)34-26(41)45-29(4,5)6)19-15-31-37(35-19)16-20-21(23(39)32-20)33-25(40)44-17-18-11-8-7-9-12-18/h7-15,20-22H,16-17H2,1-6H3,(H,32,39)(H,33,40)(H,42,43)/t20-,21+,22?/m1/s1. The second kappa shape index (κ2) is 13.2. The summed E-state index contributed by atoms with van der Waals surface area (Å²) < 4.78 is 11.7. The minimum absolute atomic E-state index is 0.0434. The van der Waals surface area contributed by atoms with Crippen LogP contribution in [0.15, 0.2) is 60.0 Å². The van der Waals surface area contributed by atoms with Crippen LogP contribution in [0.2, 0.25) is 0 Å². The highest BCUT2D eigenvalue weighted by Gasteiger charge is 2.43. The van der Waals surface area contributed by atoms with Crippen molar-refractivity contribution in [2.75, 3.05) is 0 Å². The molecule has 45 heavy (non-hydrogen) atoms. The number of aromatic nitrogens is 5. The van der Waals surface area contributed by atoms with Gasteiger partial charge in [0.15, 0.2) is 0 Å². The smallest absolute Gasteiger partial charge is 0.437 e. The van der Waals surface area contributed by atoms with Crippen LogP contribution in [0, 0.1) is 5.41 Å². The van der Waals surface area contributed by atoms with E-state index in [1.165, 1.54) is 23.4 Å². The molecule has 3 atom stereocenters. The number of ether oxygens (including phenoxy) is 2. The van der Waals surface area contributed by atoms with Crippen molar-refractivity contribution >= 4 is 30.1 Å². The molecule has 16 heteroatoms. The van der Waals surface area contributed by atoms with Crippen LogP contribution in [-0.2, 0) is 27.4 Å². The fraction of sp³-hybridized carbons (Fsp3) is 0.448. The Kier molecular flexibility index (Phi) is 9.54. The van der Waals surface area contributed by atoms with Gasteiger partial charge < -0.3 is 25.2 Å². The molecule has 1 aliphatic heterocycles. The van der Waals surface area contributed by atoms with Crippen molar-refractivity contribution in [2.24, 2.45) is 10.4 Å². The Hall–Kier alpha value is -5.28. The lowest BCUT2D eigenvalue weighted by Gasteiger charge is -2.37. The minimum atomic E-state index is -1.42. The number of nitrogens with zero attached hydrogens (tertiary/aromatic N) is 7. The predicted octanol–water partition coefficient (Wildman–Crippen LogP) is 3.17. The van der Waals surface area contributed by atoms with E-state index in [1.54, 1.807) is 47.6 Å². The zero-order valence-electron chi connectivity index (χ0n) is 25.9. The zero-order valence-corrected chi connectivity index (χ0v) is 25.9. The van der Waals surface area contributed by atoms with Gasteiger partial charge in [0, 0.05) is 12.4 Å². The van der Waals surface area contributed by atoms with Gasteiger partial charge in [-0.2, -0.15) is 20.1 Å². The Balaban J connectivity index is 1.54. The number of hydrogen-bond acceptors (Lipinski definition) is 9. The lowest BCUT2D eigenvalue weighted by atomic mass is 9.84. The summed E-state index contributed by atoms with van der Waals surface area (Å²) in [7, 11) is 0. The van der Waals surface area contributed by atoms with Crippen molar-refractivity contribution in [1.82, 2.24) is 40.3 Å². The first-order valence-electron chi connectivity index (χ1n) is 14.1. The molecule has 0 spiro atoms. The molecular formula is C29H37N9O7. The molecule has 1 unspecified atom stereocenters. The maximum atomic E-state index is 12.8. The number of carbonyl (C=O) groups excluding carboxylic acids is 3. The third-order valence-corrected chi connectivity index (χ3v) is 6.49. The monoisotopic (exact) mass is 623 g/mol. The fourth-order valence-electron chi connectivity index (χ4n) is 4.59. The first-order valence-corrected chi connectivity index (χ1v) is 14.1. The third kappa shape index (κ3) is 8.43. The molecule has 3 heterocycles. The van der Waals surface area contributed by atoms with Crippen LogP contribution in [0.1, 0.15) is 58.8 Å². The molecule has 240 valence electrons.